The topological polar surface area (TPSA) is 37.4 Å². The van der Waals surface area contributed by atoms with E-state index < -0.39 is 0 Å². The van der Waals surface area contributed by atoms with Crippen molar-refractivity contribution >= 4 is 5.69 Å². The average molecular weight is 263 g/mol. The maximum atomic E-state index is 5.50. The lowest BCUT2D eigenvalue weighted by Gasteiger charge is -2.34. The molecule has 0 amide bonds. The van der Waals surface area contributed by atoms with Crippen molar-refractivity contribution in [2.75, 3.05) is 31.6 Å². The normalized spacial score (nSPS) is 19.7. The number of hydrogen-bond acceptors (Lipinski definition) is 4. The second-order valence-electron chi connectivity index (χ2n) is 5.13. The summed E-state index contributed by atoms with van der Waals surface area (Å²) < 4.78 is 5.50. The zero-order chi connectivity index (χ0) is 13.5. The van der Waals surface area contributed by atoms with Gasteiger partial charge in [0.1, 0.15) is 0 Å². The van der Waals surface area contributed by atoms with Crippen LogP contribution in [0.5, 0.6) is 0 Å². The minimum atomic E-state index is 0.352. The summed E-state index contributed by atoms with van der Waals surface area (Å²) in [5.41, 5.74) is 2.59. The van der Waals surface area contributed by atoms with Gasteiger partial charge in [-0.05, 0) is 37.4 Å². The molecule has 1 aromatic heterocycles. The van der Waals surface area contributed by atoms with Crippen molar-refractivity contribution in [1.29, 1.82) is 0 Å². The molecule has 0 bridgehead atoms. The first-order valence-corrected chi connectivity index (χ1v) is 7.26. The Morgan fingerprint density at radius 3 is 3.21 bits per heavy atom. The van der Waals surface area contributed by atoms with Crippen molar-refractivity contribution in [3.63, 3.8) is 0 Å². The SMILES string of the molecule is CCCNCc1ccncc1N1CCCC(OC)C1. The monoisotopic (exact) mass is 263 g/mol. The highest BCUT2D eigenvalue weighted by atomic mass is 16.5. The summed E-state index contributed by atoms with van der Waals surface area (Å²) in [4.78, 5) is 6.70. The van der Waals surface area contributed by atoms with Gasteiger partial charge in [0.25, 0.3) is 0 Å². The molecule has 0 aromatic carbocycles. The van der Waals surface area contributed by atoms with Crippen LogP contribution in [0.4, 0.5) is 5.69 Å². The third-order valence-corrected chi connectivity index (χ3v) is 3.68. The first kappa shape index (κ1) is 14.3. The zero-order valence-corrected chi connectivity index (χ0v) is 12.1. The fourth-order valence-electron chi connectivity index (χ4n) is 2.60. The number of nitrogens with zero attached hydrogens (tertiary/aromatic N) is 2. The van der Waals surface area contributed by atoms with Gasteiger partial charge in [-0.1, -0.05) is 6.92 Å². The Kier molecular flexibility index (Phi) is 5.61. The molecular weight excluding hydrogens is 238 g/mol. The molecular formula is C15H25N3O. The second kappa shape index (κ2) is 7.46. The van der Waals surface area contributed by atoms with Gasteiger partial charge in [0.05, 0.1) is 18.0 Å². The molecule has 0 spiro atoms. The summed E-state index contributed by atoms with van der Waals surface area (Å²) in [5.74, 6) is 0. The molecule has 1 aliphatic rings. The van der Waals surface area contributed by atoms with Crippen LogP contribution in [0.25, 0.3) is 0 Å². The molecule has 4 nitrogen and oxygen atoms in total. The van der Waals surface area contributed by atoms with Crippen molar-refractivity contribution in [3.05, 3.63) is 24.0 Å². The summed E-state index contributed by atoms with van der Waals surface area (Å²) in [7, 11) is 1.81. The van der Waals surface area contributed by atoms with E-state index in [2.05, 4.69) is 28.2 Å². The molecule has 1 aliphatic heterocycles. The van der Waals surface area contributed by atoms with Gasteiger partial charge in [0.15, 0.2) is 0 Å². The Balaban J connectivity index is 2.05. The van der Waals surface area contributed by atoms with E-state index in [1.165, 1.54) is 17.7 Å². The van der Waals surface area contributed by atoms with Crippen LogP contribution in [0.3, 0.4) is 0 Å². The zero-order valence-electron chi connectivity index (χ0n) is 12.1. The fraction of sp³-hybridized carbons (Fsp3) is 0.667. The summed E-state index contributed by atoms with van der Waals surface area (Å²) in [5, 5.41) is 3.47. The van der Waals surface area contributed by atoms with Crippen molar-refractivity contribution in [2.45, 2.75) is 38.8 Å². The Hall–Kier alpha value is -1.13. The first-order valence-electron chi connectivity index (χ1n) is 7.26. The lowest BCUT2D eigenvalue weighted by molar-refractivity contribution is 0.0893. The molecule has 1 unspecified atom stereocenters. The number of aromatic nitrogens is 1. The van der Waals surface area contributed by atoms with Crippen LogP contribution in [0.1, 0.15) is 31.7 Å². The molecule has 0 saturated carbocycles. The van der Waals surface area contributed by atoms with Crippen LogP contribution in [0.15, 0.2) is 18.5 Å². The maximum absolute atomic E-state index is 5.50. The number of pyridine rings is 1. The van der Waals surface area contributed by atoms with Gasteiger partial charge in [0, 0.05) is 32.9 Å². The lowest BCUT2D eigenvalue weighted by atomic mass is 10.1. The van der Waals surface area contributed by atoms with Crippen LogP contribution in [-0.4, -0.2) is 37.8 Å². The van der Waals surface area contributed by atoms with Gasteiger partial charge in [-0.3, -0.25) is 4.98 Å². The van der Waals surface area contributed by atoms with E-state index in [9.17, 15) is 0 Å². The Morgan fingerprint density at radius 2 is 2.42 bits per heavy atom. The molecule has 1 saturated heterocycles. The number of methoxy groups -OCH3 is 1. The number of hydrogen-bond donors (Lipinski definition) is 1. The third-order valence-electron chi connectivity index (χ3n) is 3.68. The van der Waals surface area contributed by atoms with Crippen LogP contribution >= 0.6 is 0 Å². The summed E-state index contributed by atoms with van der Waals surface area (Å²) in [6, 6.07) is 2.12. The molecule has 1 aromatic rings. The molecule has 1 N–H and O–H groups in total. The van der Waals surface area contributed by atoms with Crippen molar-refractivity contribution in [2.24, 2.45) is 0 Å². The van der Waals surface area contributed by atoms with Crippen LogP contribution in [-0.2, 0) is 11.3 Å². The second-order valence-corrected chi connectivity index (χ2v) is 5.13. The highest BCUT2D eigenvalue weighted by Gasteiger charge is 2.21. The quantitative estimate of drug-likeness (QED) is 0.798. The van der Waals surface area contributed by atoms with Gasteiger partial charge in [-0.2, -0.15) is 0 Å². The Labute approximate surface area is 116 Å². The maximum Gasteiger partial charge on any atom is 0.0746 e. The van der Waals surface area contributed by atoms with Gasteiger partial charge >= 0.3 is 0 Å². The predicted molar refractivity (Wildman–Crippen MR) is 78.5 cm³/mol. The molecule has 2 heterocycles. The van der Waals surface area contributed by atoms with E-state index in [1.54, 1.807) is 7.11 Å². The van der Waals surface area contributed by atoms with Crippen molar-refractivity contribution in [3.8, 4) is 0 Å². The molecule has 1 fully saturated rings. The lowest BCUT2D eigenvalue weighted by Crippen LogP contribution is -2.40. The van der Waals surface area contributed by atoms with E-state index >= 15 is 0 Å². The fourth-order valence-corrected chi connectivity index (χ4v) is 2.60. The number of rotatable bonds is 6. The van der Waals surface area contributed by atoms with Crippen LogP contribution < -0.4 is 10.2 Å². The average Bonchev–Trinajstić information content (AvgIpc) is 2.48. The summed E-state index contributed by atoms with van der Waals surface area (Å²) in [6.45, 7) is 6.24. The molecule has 2 rings (SSSR count). The number of nitrogens with one attached hydrogen (secondary N) is 1. The number of ether oxygens (including phenoxy) is 1. The minimum Gasteiger partial charge on any atom is -0.380 e. The first-order chi connectivity index (χ1) is 9.35. The van der Waals surface area contributed by atoms with Gasteiger partial charge in [-0.25, -0.2) is 0 Å². The molecule has 19 heavy (non-hydrogen) atoms. The van der Waals surface area contributed by atoms with Crippen LogP contribution in [0, 0.1) is 0 Å². The smallest absolute Gasteiger partial charge is 0.0746 e. The van der Waals surface area contributed by atoms with E-state index in [0.717, 1.165) is 39.0 Å². The van der Waals surface area contributed by atoms with Gasteiger partial charge in [-0.15, -0.1) is 0 Å². The van der Waals surface area contributed by atoms with Crippen molar-refractivity contribution in [1.82, 2.24) is 10.3 Å². The Bertz CT molecular complexity index is 383. The molecule has 0 radical (unpaired) electrons. The molecule has 4 heteroatoms. The standard InChI is InChI=1S/C15H25N3O/c1-3-7-16-10-13-6-8-17-11-15(13)18-9-4-5-14(12-18)19-2/h6,8,11,14,16H,3-5,7,9-10,12H2,1-2H3. The van der Waals surface area contributed by atoms with Gasteiger partial charge in [0.2, 0.25) is 0 Å². The molecule has 0 aliphatic carbocycles. The largest absolute Gasteiger partial charge is 0.380 e. The van der Waals surface area contributed by atoms with E-state index in [4.69, 9.17) is 4.74 Å². The number of piperidine rings is 1. The van der Waals surface area contributed by atoms with Crippen molar-refractivity contribution < 1.29 is 4.74 Å². The minimum absolute atomic E-state index is 0.352. The predicted octanol–water partition coefficient (Wildman–Crippen LogP) is 2.20. The summed E-state index contributed by atoms with van der Waals surface area (Å²) in [6.07, 6.45) is 7.73. The summed E-state index contributed by atoms with van der Waals surface area (Å²) >= 11 is 0. The highest BCUT2D eigenvalue weighted by Crippen LogP contribution is 2.24. The van der Waals surface area contributed by atoms with E-state index in [-0.39, 0.29) is 0 Å². The number of anilines is 1. The highest BCUT2D eigenvalue weighted by molar-refractivity contribution is 5.52. The molecule has 1 atom stereocenters. The van der Waals surface area contributed by atoms with E-state index in [0.29, 0.717) is 6.10 Å². The van der Waals surface area contributed by atoms with Crippen LogP contribution in [0.2, 0.25) is 0 Å². The third kappa shape index (κ3) is 3.91. The Morgan fingerprint density at radius 1 is 1.53 bits per heavy atom. The van der Waals surface area contributed by atoms with Gasteiger partial charge < -0.3 is 15.0 Å². The molecule has 106 valence electrons. The van der Waals surface area contributed by atoms with E-state index in [1.807, 2.05) is 12.4 Å².